The smallest absolute Gasteiger partial charge is 0.348 e. The van der Waals surface area contributed by atoms with Gasteiger partial charge in [-0.15, -0.1) is 0 Å². The van der Waals surface area contributed by atoms with E-state index in [0.717, 1.165) is 30.0 Å². The Hall–Kier alpha value is -3.30. The van der Waals surface area contributed by atoms with Gasteiger partial charge in [-0.1, -0.05) is 29.8 Å². The fourth-order valence-corrected chi connectivity index (χ4v) is 2.80. The summed E-state index contributed by atoms with van der Waals surface area (Å²) in [6.45, 7) is 1.39. The first-order valence-corrected chi connectivity index (χ1v) is 8.63. The number of nitrogens with zero attached hydrogens (tertiary/aromatic N) is 2. The molecule has 0 saturated heterocycles. The lowest BCUT2D eigenvalue weighted by Crippen LogP contribution is -2.26. The van der Waals surface area contributed by atoms with Crippen LogP contribution in [-0.2, 0) is 18.9 Å². The molecular weight excluding hydrogens is 412 g/mol. The summed E-state index contributed by atoms with van der Waals surface area (Å²) in [6.07, 6.45) is -8.67. The number of aryl methyl sites for hydroxylation is 1. The SMILES string of the molecule is Cc1ccc(-n2ncc(C(=O)NCc3cccc(C(F)(F)F)c3)c2C(F)(F)F)cc1. The summed E-state index contributed by atoms with van der Waals surface area (Å²) in [7, 11) is 0. The number of halogens is 6. The van der Waals surface area contributed by atoms with Crippen LogP contribution in [0, 0.1) is 6.92 Å². The number of hydrogen-bond acceptors (Lipinski definition) is 2. The zero-order chi connectivity index (χ0) is 22.1. The zero-order valence-corrected chi connectivity index (χ0v) is 15.5. The van der Waals surface area contributed by atoms with Crippen LogP contribution in [0.25, 0.3) is 5.69 Å². The molecular formula is C20H15F6N3O. The van der Waals surface area contributed by atoms with Crippen LogP contribution < -0.4 is 5.32 Å². The Bertz CT molecular complexity index is 1050. The number of carbonyl (C=O) groups excluding carboxylic acids is 1. The van der Waals surface area contributed by atoms with E-state index in [2.05, 4.69) is 10.4 Å². The summed E-state index contributed by atoms with van der Waals surface area (Å²) in [5.41, 5.74) is -1.87. The molecule has 1 aromatic heterocycles. The molecule has 0 bridgehead atoms. The van der Waals surface area contributed by atoms with Gasteiger partial charge in [-0.05, 0) is 36.8 Å². The number of alkyl halides is 6. The second-order valence-corrected chi connectivity index (χ2v) is 6.53. The second-order valence-electron chi connectivity index (χ2n) is 6.53. The molecule has 4 nitrogen and oxygen atoms in total. The molecule has 0 radical (unpaired) electrons. The lowest BCUT2D eigenvalue weighted by molar-refractivity contribution is -0.143. The number of benzene rings is 2. The predicted octanol–water partition coefficient (Wildman–Crippen LogP) is 5.15. The van der Waals surface area contributed by atoms with Crippen LogP contribution in [0.5, 0.6) is 0 Å². The van der Waals surface area contributed by atoms with E-state index < -0.39 is 35.1 Å². The normalized spacial score (nSPS) is 12.1. The van der Waals surface area contributed by atoms with Crippen LogP contribution in [0.4, 0.5) is 26.3 Å². The Labute approximate surface area is 167 Å². The molecule has 0 atom stereocenters. The summed E-state index contributed by atoms with van der Waals surface area (Å²) in [4.78, 5) is 12.4. The predicted molar refractivity (Wildman–Crippen MR) is 95.9 cm³/mol. The minimum atomic E-state index is -4.88. The first kappa shape index (κ1) is 21.4. The van der Waals surface area contributed by atoms with E-state index in [-0.39, 0.29) is 17.8 Å². The molecule has 0 fully saturated rings. The molecule has 0 spiro atoms. The molecule has 0 unspecified atom stereocenters. The first-order valence-electron chi connectivity index (χ1n) is 8.63. The van der Waals surface area contributed by atoms with E-state index in [1.165, 1.54) is 18.2 Å². The molecule has 0 aliphatic heterocycles. The van der Waals surface area contributed by atoms with Crippen molar-refractivity contribution in [3.63, 3.8) is 0 Å². The average molecular weight is 427 g/mol. The van der Waals surface area contributed by atoms with Gasteiger partial charge in [0.1, 0.15) is 0 Å². The van der Waals surface area contributed by atoms with E-state index >= 15 is 0 Å². The van der Waals surface area contributed by atoms with Crippen molar-refractivity contribution in [2.75, 3.05) is 0 Å². The van der Waals surface area contributed by atoms with E-state index in [1.807, 2.05) is 0 Å². The van der Waals surface area contributed by atoms with Gasteiger partial charge in [0.15, 0.2) is 5.69 Å². The summed E-state index contributed by atoms with van der Waals surface area (Å²) in [5.74, 6) is -1.10. The lowest BCUT2D eigenvalue weighted by Gasteiger charge is -2.13. The molecule has 1 N–H and O–H groups in total. The van der Waals surface area contributed by atoms with E-state index in [9.17, 15) is 31.1 Å². The Kier molecular flexibility index (Phi) is 5.60. The number of carbonyl (C=O) groups is 1. The Morgan fingerprint density at radius 2 is 1.67 bits per heavy atom. The molecule has 0 aliphatic rings. The van der Waals surface area contributed by atoms with Crippen molar-refractivity contribution in [1.29, 1.82) is 0 Å². The summed E-state index contributed by atoms with van der Waals surface area (Å²) in [6, 6.07) is 10.2. The number of aromatic nitrogens is 2. The van der Waals surface area contributed by atoms with Crippen LogP contribution in [-0.4, -0.2) is 15.7 Å². The number of amides is 1. The maximum absolute atomic E-state index is 13.6. The Morgan fingerprint density at radius 1 is 1.00 bits per heavy atom. The van der Waals surface area contributed by atoms with Crippen molar-refractivity contribution in [2.24, 2.45) is 0 Å². The minimum absolute atomic E-state index is 0.0951. The van der Waals surface area contributed by atoms with Crippen molar-refractivity contribution in [3.05, 3.63) is 82.7 Å². The molecule has 158 valence electrons. The van der Waals surface area contributed by atoms with Crippen LogP contribution in [0.3, 0.4) is 0 Å². The van der Waals surface area contributed by atoms with Gasteiger partial charge in [-0.2, -0.15) is 31.4 Å². The van der Waals surface area contributed by atoms with Crippen LogP contribution in [0.1, 0.15) is 32.7 Å². The Balaban J connectivity index is 1.87. The third-order valence-corrected chi connectivity index (χ3v) is 4.27. The standard InChI is InChI=1S/C20H15F6N3O/c1-12-5-7-15(8-6-12)29-17(20(24,25)26)16(11-28-29)18(30)27-10-13-3-2-4-14(9-13)19(21,22)23/h2-9,11H,10H2,1H3,(H,27,30). The van der Waals surface area contributed by atoms with Crippen molar-refractivity contribution in [3.8, 4) is 5.69 Å². The summed E-state index contributed by atoms with van der Waals surface area (Å²) in [5, 5.41) is 5.91. The highest BCUT2D eigenvalue weighted by atomic mass is 19.4. The maximum Gasteiger partial charge on any atom is 0.434 e. The molecule has 3 aromatic rings. The third-order valence-electron chi connectivity index (χ3n) is 4.27. The van der Waals surface area contributed by atoms with Gasteiger partial charge in [-0.3, -0.25) is 4.79 Å². The molecule has 1 heterocycles. The molecule has 3 rings (SSSR count). The van der Waals surface area contributed by atoms with Gasteiger partial charge in [0, 0.05) is 6.54 Å². The monoisotopic (exact) mass is 427 g/mol. The summed E-state index contributed by atoms with van der Waals surface area (Å²) < 4.78 is 79.9. The maximum atomic E-state index is 13.6. The molecule has 0 saturated carbocycles. The van der Waals surface area contributed by atoms with E-state index in [0.29, 0.717) is 4.68 Å². The fourth-order valence-electron chi connectivity index (χ4n) is 2.80. The molecule has 1 amide bonds. The third kappa shape index (κ3) is 4.64. The van der Waals surface area contributed by atoms with Crippen LogP contribution >= 0.6 is 0 Å². The van der Waals surface area contributed by atoms with Crippen molar-refractivity contribution >= 4 is 5.91 Å². The van der Waals surface area contributed by atoms with E-state index in [4.69, 9.17) is 0 Å². The highest BCUT2D eigenvalue weighted by Gasteiger charge is 2.40. The highest BCUT2D eigenvalue weighted by Crippen LogP contribution is 2.34. The van der Waals surface area contributed by atoms with Gasteiger partial charge >= 0.3 is 12.4 Å². The number of nitrogens with one attached hydrogen (secondary N) is 1. The van der Waals surface area contributed by atoms with Crippen molar-refractivity contribution < 1.29 is 31.1 Å². The van der Waals surface area contributed by atoms with Gasteiger partial charge in [-0.25, -0.2) is 4.68 Å². The molecule has 0 aliphatic carbocycles. The van der Waals surface area contributed by atoms with Gasteiger partial charge < -0.3 is 5.32 Å². The average Bonchev–Trinajstić information content (AvgIpc) is 3.12. The Morgan fingerprint density at radius 3 is 2.27 bits per heavy atom. The quantitative estimate of drug-likeness (QED) is 0.586. The van der Waals surface area contributed by atoms with Crippen molar-refractivity contribution in [2.45, 2.75) is 25.8 Å². The largest absolute Gasteiger partial charge is 0.434 e. The minimum Gasteiger partial charge on any atom is -0.348 e. The zero-order valence-electron chi connectivity index (χ0n) is 15.5. The highest BCUT2D eigenvalue weighted by molar-refractivity contribution is 5.95. The van der Waals surface area contributed by atoms with Gasteiger partial charge in [0.05, 0.1) is 23.0 Å². The van der Waals surface area contributed by atoms with Crippen LogP contribution in [0.2, 0.25) is 0 Å². The number of rotatable bonds is 4. The fraction of sp³-hybridized carbons (Fsp3) is 0.200. The van der Waals surface area contributed by atoms with Gasteiger partial charge in [0.25, 0.3) is 5.91 Å². The first-order chi connectivity index (χ1) is 14.0. The number of hydrogen-bond donors (Lipinski definition) is 1. The topological polar surface area (TPSA) is 46.9 Å². The van der Waals surface area contributed by atoms with Gasteiger partial charge in [0.2, 0.25) is 0 Å². The van der Waals surface area contributed by atoms with Crippen molar-refractivity contribution in [1.82, 2.24) is 15.1 Å². The lowest BCUT2D eigenvalue weighted by atomic mass is 10.1. The summed E-state index contributed by atoms with van der Waals surface area (Å²) >= 11 is 0. The molecule has 10 heteroatoms. The van der Waals surface area contributed by atoms with Crippen LogP contribution in [0.15, 0.2) is 54.7 Å². The molecule has 2 aromatic carbocycles. The molecule has 30 heavy (non-hydrogen) atoms. The van der Waals surface area contributed by atoms with E-state index in [1.54, 1.807) is 19.1 Å². The second kappa shape index (κ2) is 7.85.